The molecule has 1 aromatic carbocycles. The minimum atomic E-state index is -3.29. The standard InChI is InChI=1S/C23H30N4O2S/c1-18-6-7-20(15-19(18)2)17-30(28,29)27-13-11-26(12-14-27)10-8-21-16-25(3)23-22(21)5-4-9-24-23/h4-7,9,15-16H,8,10-14,17H2,1-3H3. The van der Waals surface area contributed by atoms with Crippen molar-refractivity contribution in [2.75, 3.05) is 32.7 Å². The van der Waals surface area contributed by atoms with E-state index in [1.807, 2.05) is 51.4 Å². The molecular formula is C23H30N4O2S. The normalized spacial score (nSPS) is 16.4. The van der Waals surface area contributed by atoms with Crippen LogP contribution in [0.3, 0.4) is 0 Å². The molecule has 160 valence electrons. The van der Waals surface area contributed by atoms with Gasteiger partial charge in [0.2, 0.25) is 10.0 Å². The first-order valence-electron chi connectivity index (χ1n) is 10.5. The summed E-state index contributed by atoms with van der Waals surface area (Å²) in [7, 11) is -1.26. The van der Waals surface area contributed by atoms with Crippen molar-refractivity contribution in [1.82, 2.24) is 18.8 Å². The van der Waals surface area contributed by atoms with Crippen molar-refractivity contribution in [3.63, 3.8) is 0 Å². The monoisotopic (exact) mass is 426 g/mol. The van der Waals surface area contributed by atoms with Gasteiger partial charge < -0.3 is 9.47 Å². The molecular weight excluding hydrogens is 396 g/mol. The lowest BCUT2D eigenvalue weighted by atomic mass is 10.1. The molecule has 0 spiro atoms. The number of hydrogen-bond donors (Lipinski definition) is 0. The SMILES string of the molecule is Cc1ccc(CS(=O)(=O)N2CCN(CCc3cn(C)c4ncccc34)CC2)cc1C. The third kappa shape index (κ3) is 4.43. The molecule has 30 heavy (non-hydrogen) atoms. The Morgan fingerprint density at radius 3 is 2.53 bits per heavy atom. The minimum absolute atomic E-state index is 0.0805. The van der Waals surface area contributed by atoms with E-state index >= 15 is 0 Å². The largest absolute Gasteiger partial charge is 0.335 e. The van der Waals surface area contributed by atoms with E-state index in [0.29, 0.717) is 13.1 Å². The molecule has 1 fully saturated rings. The highest BCUT2D eigenvalue weighted by Crippen LogP contribution is 2.20. The van der Waals surface area contributed by atoms with E-state index in [-0.39, 0.29) is 5.75 Å². The van der Waals surface area contributed by atoms with Gasteiger partial charge in [-0.1, -0.05) is 18.2 Å². The molecule has 0 amide bonds. The first-order valence-corrected chi connectivity index (χ1v) is 12.1. The number of sulfonamides is 1. The number of aryl methyl sites for hydroxylation is 3. The third-order valence-electron chi connectivity index (χ3n) is 6.16. The Morgan fingerprint density at radius 2 is 1.80 bits per heavy atom. The van der Waals surface area contributed by atoms with Gasteiger partial charge in [0, 0.05) is 57.6 Å². The average molecular weight is 427 g/mol. The molecule has 4 rings (SSSR count). The maximum atomic E-state index is 12.9. The van der Waals surface area contributed by atoms with Crippen molar-refractivity contribution in [3.05, 3.63) is 65.0 Å². The van der Waals surface area contributed by atoms with Gasteiger partial charge in [-0.15, -0.1) is 0 Å². The van der Waals surface area contributed by atoms with Gasteiger partial charge in [0.05, 0.1) is 5.75 Å². The Bertz CT molecular complexity index is 1150. The molecule has 3 aromatic rings. The zero-order valence-electron chi connectivity index (χ0n) is 18.0. The highest BCUT2D eigenvalue weighted by molar-refractivity contribution is 7.88. The summed E-state index contributed by atoms with van der Waals surface area (Å²) >= 11 is 0. The number of pyridine rings is 1. The van der Waals surface area contributed by atoms with E-state index in [1.165, 1.54) is 16.5 Å². The molecule has 0 saturated carbocycles. The van der Waals surface area contributed by atoms with Gasteiger partial charge in [-0.25, -0.2) is 13.4 Å². The second kappa shape index (κ2) is 8.49. The van der Waals surface area contributed by atoms with E-state index in [1.54, 1.807) is 4.31 Å². The topological polar surface area (TPSA) is 58.4 Å². The molecule has 6 nitrogen and oxygen atoms in total. The van der Waals surface area contributed by atoms with Crippen LogP contribution in [-0.2, 0) is 29.2 Å². The molecule has 7 heteroatoms. The summed E-state index contributed by atoms with van der Waals surface area (Å²) in [5.74, 6) is 0.0805. The number of nitrogens with zero attached hydrogens (tertiary/aromatic N) is 4. The number of piperazine rings is 1. The van der Waals surface area contributed by atoms with Gasteiger partial charge in [-0.2, -0.15) is 4.31 Å². The summed E-state index contributed by atoms with van der Waals surface area (Å²) in [6.07, 6.45) is 4.92. The van der Waals surface area contributed by atoms with Crippen LogP contribution in [0.1, 0.15) is 22.3 Å². The van der Waals surface area contributed by atoms with Crippen LogP contribution >= 0.6 is 0 Å². The Kier molecular flexibility index (Phi) is 5.95. The summed E-state index contributed by atoms with van der Waals surface area (Å²) in [6.45, 7) is 7.66. The van der Waals surface area contributed by atoms with Crippen LogP contribution in [0.4, 0.5) is 0 Å². The fourth-order valence-corrected chi connectivity index (χ4v) is 5.70. The molecule has 0 N–H and O–H groups in total. The molecule has 1 aliphatic heterocycles. The first-order chi connectivity index (χ1) is 14.3. The molecule has 0 unspecified atom stereocenters. The molecule has 0 aliphatic carbocycles. The summed E-state index contributed by atoms with van der Waals surface area (Å²) < 4.78 is 29.5. The molecule has 0 atom stereocenters. The number of aromatic nitrogens is 2. The van der Waals surface area contributed by atoms with Crippen LogP contribution in [0.2, 0.25) is 0 Å². The molecule has 0 bridgehead atoms. The van der Waals surface area contributed by atoms with Crippen molar-refractivity contribution >= 4 is 21.1 Å². The third-order valence-corrected chi connectivity index (χ3v) is 8.01. The van der Waals surface area contributed by atoms with Crippen molar-refractivity contribution in [2.45, 2.75) is 26.0 Å². The number of benzene rings is 1. The van der Waals surface area contributed by atoms with Crippen LogP contribution in [0, 0.1) is 13.8 Å². The Labute approximate surface area is 179 Å². The lowest BCUT2D eigenvalue weighted by molar-refractivity contribution is 0.190. The van der Waals surface area contributed by atoms with Gasteiger partial charge in [-0.05, 0) is 54.7 Å². The quantitative estimate of drug-likeness (QED) is 0.608. The number of fused-ring (bicyclic) bond motifs is 1. The van der Waals surface area contributed by atoms with Crippen molar-refractivity contribution in [1.29, 1.82) is 0 Å². The zero-order valence-corrected chi connectivity index (χ0v) is 18.8. The van der Waals surface area contributed by atoms with Crippen LogP contribution in [0.25, 0.3) is 11.0 Å². The van der Waals surface area contributed by atoms with Crippen LogP contribution in [-0.4, -0.2) is 59.9 Å². The predicted molar refractivity (Wildman–Crippen MR) is 121 cm³/mol. The first kappa shape index (κ1) is 21.0. The lowest BCUT2D eigenvalue weighted by Crippen LogP contribution is -2.49. The molecule has 0 radical (unpaired) electrons. The smallest absolute Gasteiger partial charge is 0.218 e. The summed E-state index contributed by atoms with van der Waals surface area (Å²) in [5.41, 5.74) is 5.49. The second-order valence-electron chi connectivity index (χ2n) is 8.31. The van der Waals surface area contributed by atoms with E-state index in [2.05, 4.69) is 26.7 Å². The fourth-order valence-electron chi connectivity index (χ4n) is 4.20. The number of hydrogen-bond acceptors (Lipinski definition) is 4. The highest BCUT2D eigenvalue weighted by Gasteiger charge is 2.27. The van der Waals surface area contributed by atoms with Crippen molar-refractivity contribution in [2.24, 2.45) is 7.05 Å². The average Bonchev–Trinajstić information content (AvgIpc) is 3.05. The van der Waals surface area contributed by atoms with Crippen LogP contribution in [0.15, 0.2) is 42.7 Å². The maximum absolute atomic E-state index is 12.9. The fraction of sp³-hybridized carbons (Fsp3) is 0.435. The molecule has 3 heterocycles. The number of rotatable bonds is 6. The summed E-state index contributed by atoms with van der Waals surface area (Å²) in [6, 6.07) is 10.0. The zero-order chi connectivity index (χ0) is 21.3. The Morgan fingerprint density at radius 1 is 1.03 bits per heavy atom. The maximum Gasteiger partial charge on any atom is 0.218 e. The molecule has 2 aromatic heterocycles. The molecule has 1 aliphatic rings. The van der Waals surface area contributed by atoms with E-state index in [9.17, 15) is 8.42 Å². The van der Waals surface area contributed by atoms with Gasteiger partial charge in [0.15, 0.2) is 0 Å². The lowest BCUT2D eigenvalue weighted by Gasteiger charge is -2.34. The van der Waals surface area contributed by atoms with Gasteiger partial charge in [0.25, 0.3) is 0 Å². The molecule has 1 saturated heterocycles. The van der Waals surface area contributed by atoms with Gasteiger partial charge in [-0.3, -0.25) is 0 Å². The summed E-state index contributed by atoms with van der Waals surface area (Å²) in [5, 5.41) is 1.20. The Hall–Kier alpha value is -2.22. The van der Waals surface area contributed by atoms with Crippen molar-refractivity contribution in [3.8, 4) is 0 Å². The van der Waals surface area contributed by atoms with Crippen molar-refractivity contribution < 1.29 is 8.42 Å². The van der Waals surface area contributed by atoms with Crippen LogP contribution < -0.4 is 0 Å². The Balaban J connectivity index is 1.33. The minimum Gasteiger partial charge on any atom is -0.335 e. The summed E-state index contributed by atoms with van der Waals surface area (Å²) in [4.78, 5) is 6.81. The van der Waals surface area contributed by atoms with E-state index in [4.69, 9.17) is 0 Å². The predicted octanol–water partition coefficient (Wildman–Crippen LogP) is 2.88. The van der Waals surface area contributed by atoms with Gasteiger partial charge in [0.1, 0.15) is 5.65 Å². The van der Waals surface area contributed by atoms with E-state index < -0.39 is 10.0 Å². The van der Waals surface area contributed by atoms with Gasteiger partial charge >= 0.3 is 0 Å². The van der Waals surface area contributed by atoms with E-state index in [0.717, 1.165) is 42.8 Å². The second-order valence-corrected chi connectivity index (χ2v) is 10.3. The highest BCUT2D eigenvalue weighted by atomic mass is 32.2. The van der Waals surface area contributed by atoms with Crippen LogP contribution in [0.5, 0.6) is 0 Å².